The SMILES string of the molecule is CCCCCCCCCCCC=S. The highest BCUT2D eigenvalue weighted by Crippen LogP contribution is 2.09. The molecule has 0 aliphatic rings. The van der Waals surface area contributed by atoms with E-state index >= 15 is 0 Å². The summed E-state index contributed by atoms with van der Waals surface area (Å²) in [7, 11) is 0. The van der Waals surface area contributed by atoms with Gasteiger partial charge in [0.2, 0.25) is 0 Å². The van der Waals surface area contributed by atoms with Crippen LogP contribution < -0.4 is 0 Å². The molecule has 0 saturated carbocycles. The molecule has 0 aromatic heterocycles. The molecular weight excluding hydrogens is 176 g/mol. The Hall–Kier alpha value is 0.0900. The Labute approximate surface area is 89.1 Å². The average Bonchev–Trinajstić information content (AvgIpc) is 2.16. The lowest BCUT2D eigenvalue weighted by Gasteiger charge is -2.00. The summed E-state index contributed by atoms with van der Waals surface area (Å²) in [6, 6.07) is 0. The monoisotopic (exact) mass is 200 g/mol. The topological polar surface area (TPSA) is 0 Å². The van der Waals surface area contributed by atoms with E-state index in [9.17, 15) is 0 Å². The standard InChI is InChI=1S/C12H24S/c1-2-3-4-5-6-7-8-9-10-11-12-13/h12H,2-11H2,1H3. The summed E-state index contributed by atoms with van der Waals surface area (Å²) in [6.45, 7) is 2.27. The van der Waals surface area contributed by atoms with Crippen LogP contribution in [-0.4, -0.2) is 5.37 Å². The fourth-order valence-electron chi connectivity index (χ4n) is 1.54. The molecule has 0 atom stereocenters. The largest absolute Gasteiger partial charge is 0.0935 e. The van der Waals surface area contributed by atoms with Gasteiger partial charge in [-0.2, -0.15) is 0 Å². The molecule has 0 bridgehead atoms. The molecule has 0 spiro atoms. The molecule has 0 N–H and O–H groups in total. The van der Waals surface area contributed by atoms with Crippen LogP contribution >= 0.6 is 12.2 Å². The van der Waals surface area contributed by atoms with Crippen molar-refractivity contribution in [2.75, 3.05) is 0 Å². The maximum absolute atomic E-state index is 4.78. The Balaban J connectivity index is 2.79. The number of rotatable bonds is 10. The predicted octanol–water partition coefficient (Wildman–Crippen LogP) is 4.91. The first-order valence-electron chi connectivity index (χ1n) is 5.85. The third kappa shape index (κ3) is 12.1. The van der Waals surface area contributed by atoms with Gasteiger partial charge in [0.1, 0.15) is 0 Å². The maximum atomic E-state index is 4.78. The number of thiocarbonyl (C=S) groups is 1. The van der Waals surface area contributed by atoms with Crippen LogP contribution in [-0.2, 0) is 0 Å². The van der Waals surface area contributed by atoms with Gasteiger partial charge < -0.3 is 0 Å². The first-order chi connectivity index (χ1) is 6.41. The van der Waals surface area contributed by atoms with Crippen molar-refractivity contribution >= 4 is 17.6 Å². The summed E-state index contributed by atoms with van der Waals surface area (Å²) in [5, 5.41) is 1.86. The molecule has 0 heterocycles. The van der Waals surface area contributed by atoms with Crippen LogP contribution in [0.2, 0.25) is 0 Å². The third-order valence-electron chi connectivity index (χ3n) is 2.43. The van der Waals surface area contributed by atoms with Crippen molar-refractivity contribution in [1.82, 2.24) is 0 Å². The molecule has 0 saturated heterocycles. The minimum absolute atomic E-state index is 1.13. The van der Waals surface area contributed by atoms with Crippen LogP contribution in [0.1, 0.15) is 71.1 Å². The van der Waals surface area contributed by atoms with E-state index in [1.165, 1.54) is 57.8 Å². The van der Waals surface area contributed by atoms with Crippen molar-refractivity contribution in [1.29, 1.82) is 0 Å². The highest BCUT2D eigenvalue weighted by molar-refractivity contribution is 7.78. The molecule has 0 aromatic rings. The van der Waals surface area contributed by atoms with Crippen LogP contribution in [0.3, 0.4) is 0 Å². The zero-order valence-electron chi connectivity index (χ0n) is 9.06. The zero-order chi connectivity index (χ0) is 9.78. The van der Waals surface area contributed by atoms with Crippen molar-refractivity contribution < 1.29 is 0 Å². The molecule has 0 aliphatic carbocycles. The van der Waals surface area contributed by atoms with E-state index in [0.29, 0.717) is 0 Å². The zero-order valence-corrected chi connectivity index (χ0v) is 9.87. The minimum atomic E-state index is 1.13. The molecule has 0 nitrogen and oxygen atoms in total. The van der Waals surface area contributed by atoms with Crippen LogP contribution in [0.4, 0.5) is 0 Å². The maximum Gasteiger partial charge on any atom is -0.0210 e. The van der Waals surface area contributed by atoms with Gasteiger partial charge in [-0.05, 0) is 18.2 Å². The van der Waals surface area contributed by atoms with E-state index in [4.69, 9.17) is 12.2 Å². The summed E-state index contributed by atoms with van der Waals surface area (Å²) >= 11 is 4.78. The van der Waals surface area contributed by atoms with Crippen molar-refractivity contribution in [3.8, 4) is 0 Å². The molecular formula is C12H24S. The lowest BCUT2D eigenvalue weighted by atomic mass is 10.1. The van der Waals surface area contributed by atoms with E-state index in [1.807, 2.05) is 5.37 Å². The second-order valence-electron chi connectivity index (χ2n) is 3.78. The molecule has 0 amide bonds. The van der Waals surface area contributed by atoms with Gasteiger partial charge in [-0.3, -0.25) is 0 Å². The number of hydrogen-bond donors (Lipinski definition) is 0. The third-order valence-corrected chi connectivity index (χ3v) is 2.66. The van der Waals surface area contributed by atoms with E-state index in [1.54, 1.807) is 0 Å². The van der Waals surface area contributed by atoms with Gasteiger partial charge in [-0.1, -0.05) is 70.5 Å². The Morgan fingerprint density at radius 3 is 1.69 bits per heavy atom. The molecule has 0 radical (unpaired) electrons. The molecule has 1 heteroatoms. The average molecular weight is 200 g/mol. The van der Waals surface area contributed by atoms with E-state index in [-0.39, 0.29) is 0 Å². The van der Waals surface area contributed by atoms with Crippen LogP contribution in [0.15, 0.2) is 0 Å². The van der Waals surface area contributed by atoms with Gasteiger partial charge in [-0.25, -0.2) is 0 Å². The van der Waals surface area contributed by atoms with Crippen molar-refractivity contribution in [2.45, 2.75) is 71.1 Å². The van der Waals surface area contributed by atoms with E-state index < -0.39 is 0 Å². The van der Waals surface area contributed by atoms with Crippen molar-refractivity contribution in [3.05, 3.63) is 0 Å². The normalized spacial score (nSPS) is 10.2. The second-order valence-corrected chi connectivity index (χ2v) is 4.12. The Morgan fingerprint density at radius 1 is 0.769 bits per heavy atom. The van der Waals surface area contributed by atoms with Crippen LogP contribution in [0, 0.1) is 0 Å². The minimum Gasteiger partial charge on any atom is -0.0935 e. The summed E-state index contributed by atoms with van der Waals surface area (Å²) < 4.78 is 0. The molecule has 0 fully saturated rings. The molecule has 0 unspecified atom stereocenters. The van der Waals surface area contributed by atoms with Gasteiger partial charge in [0.25, 0.3) is 0 Å². The highest BCUT2D eigenvalue weighted by atomic mass is 32.1. The second kappa shape index (κ2) is 12.1. The molecule has 0 aliphatic heterocycles. The summed E-state index contributed by atoms with van der Waals surface area (Å²) in [6.07, 6.45) is 13.8. The smallest absolute Gasteiger partial charge is 0.0210 e. The Morgan fingerprint density at radius 2 is 1.23 bits per heavy atom. The highest BCUT2D eigenvalue weighted by Gasteiger charge is 1.90. The van der Waals surface area contributed by atoms with E-state index in [2.05, 4.69) is 6.92 Å². The lowest BCUT2D eigenvalue weighted by molar-refractivity contribution is 0.569. The molecule has 0 rings (SSSR count). The van der Waals surface area contributed by atoms with Gasteiger partial charge in [0.15, 0.2) is 0 Å². The Kier molecular flexibility index (Phi) is 12.2. The number of hydrogen-bond acceptors (Lipinski definition) is 1. The van der Waals surface area contributed by atoms with Gasteiger partial charge in [0.05, 0.1) is 0 Å². The predicted molar refractivity (Wildman–Crippen MR) is 65.5 cm³/mol. The Bertz CT molecular complexity index is 99.3. The summed E-state index contributed by atoms with van der Waals surface area (Å²) in [5.74, 6) is 0. The fraction of sp³-hybridized carbons (Fsp3) is 0.917. The first kappa shape index (κ1) is 13.1. The summed E-state index contributed by atoms with van der Waals surface area (Å²) in [5.41, 5.74) is 0. The van der Waals surface area contributed by atoms with Gasteiger partial charge >= 0.3 is 0 Å². The lowest BCUT2D eigenvalue weighted by Crippen LogP contribution is -1.81. The van der Waals surface area contributed by atoms with Gasteiger partial charge in [0, 0.05) is 0 Å². The summed E-state index contributed by atoms with van der Waals surface area (Å²) in [4.78, 5) is 0. The first-order valence-corrected chi connectivity index (χ1v) is 6.32. The van der Waals surface area contributed by atoms with Crippen molar-refractivity contribution in [2.24, 2.45) is 0 Å². The molecule has 78 valence electrons. The molecule has 0 aromatic carbocycles. The molecule has 13 heavy (non-hydrogen) atoms. The van der Waals surface area contributed by atoms with E-state index in [0.717, 1.165) is 6.42 Å². The number of unbranched alkanes of at least 4 members (excludes halogenated alkanes) is 9. The fourth-order valence-corrected chi connectivity index (χ4v) is 1.70. The van der Waals surface area contributed by atoms with Crippen LogP contribution in [0.25, 0.3) is 0 Å². The van der Waals surface area contributed by atoms with Crippen LogP contribution in [0.5, 0.6) is 0 Å². The van der Waals surface area contributed by atoms with Gasteiger partial charge in [-0.15, -0.1) is 0 Å². The quantitative estimate of drug-likeness (QED) is 0.357. The van der Waals surface area contributed by atoms with Crippen molar-refractivity contribution in [3.63, 3.8) is 0 Å².